The van der Waals surface area contributed by atoms with E-state index < -0.39 is 95.9 Å². The molecular weight excluding hydrogens is 1130 g/mol. The number of aromatic nitrogens is 1. The monoisotopic (exact) mass is 1210 g/mol. The largest absolute Gasteiger partial charge is 0.461 e. The zero-order valence-corrected chi connectivity index (χ0v) is 51.4. The lowest BCUT2D eigenvalue weighted by Gasteiger charge is -2.35. The van der Waals surface area contributed by atoms with Crippen LogP contribution in [0, 0.1) is 11.3 Å². The number of carbonyl (C=O) groups excluding carboxylic acids is 11. The summed E-state index contributed by atoms with van der Waals surface area (Å²) in [4.78, 5) is 162. The third kappa shape index (κ3) is 20.5. The van der Waals surface area contributed by atoms with Crippen molar-refractivity contribution in [3.05, 3.63) is 138 Å². The number of piperidine rings is 1. The number of likely N-dealkylation sites (N-methyl/N-ethyl adjacent to an activating group) is 2. The van der Waals surface area contributed by atoms with E-state index in [4.69, 9.17) is 9.47 Å². The van der Waals surface area contributed by atoms with Crippen molar-refractivity contribution in [2.24, 2.45) is 11.3 Å². The lowest BCUT2D eigenvalue weighted by Crippen LogP contribution is -2.56. The van der Waals surface area contributed by atoms with Crippen molar-refractivity contribution in [2.45, 2.75) is 136 Å². The van der Waals surface area contributed by atoms with Gasteiger partial charge in [-0.1, -0.05) is 87.5 Å². The summed E-state index contributed by atoms with van der Waals surface area (Å²) in [5, 5.41) is 11.3. The van der Waals surface area contributed by atoms with Gasteiger partial charge >= 0.3 is 11.9 Å². The number of anilines is 2. The molecule has 2 aliphatic rings. The molecule has 4 aromatic rings. The topological polar surface area (TPSA) is 280 Å². The van der Waals surface area contributed by atoms with Crippen LogP contribution in [0.2, 0.25) is 0 Å². The Morgan fingerprint density at radius 2 is 1.53 bits per heavy atom. The van der Waals surface area contributed by atoms with E-state index in [0.717, 1.165) is 5.56 Å². The summed E-state index contributed by atoms with van der Waals surface area (Å²) in [6.45, 7) is 7.97. The highest BCUT2D eigenvalue weighted by Gasteiger charge is 2.42. The van der Waals surface area contributed by atoms with Crippen molar-refractivity contribution < 1.29 is 62.2 Å². The fourth-order valence-corrected chi connectivity index (χ4v) is 10.2. The number of nitrogens with one attached hydrogen (secondary N) is 4. The molecule has 88 heavy (non-hydrogen) atoms. The van der Waals surface area contributed by atoms with Gasteiger partial charge in [-0.2, -0.15) is 0 Å². The number of Topliss-reactive ketones (excluding diaryl/α,β-unsaturated/α-hetero) is 1. The van der Waals surface area contributed by atoms with Gasteiger partial charge in [0.25, 0.3) is 5.91 Å². The Bertz CT molecular complexity index is 3140. The van der Waals surface area contributed by atoms with E-state index in [1.54, 1.807) is 117 Å². The molecule has 1 aromatic heterocycles. The first kappa shape index (κ1) is 68.0. The average molecular weight is 1210 g/mol. The Morgan fingerprint density at radius 3 is 2.24 bits per heavy atom. The number of nitrogens with zero attached hydrogens (tertiary/aromatic N) is 5. The number of rotatable bonds is 10. The lowest BCUT2D eigenvalue weighted by atomic mass is 9.87. The number of allylic oxidation sites excluding steroid dienone is 1. The molecule has 0 unspecified atom stereocenters. The number of pyridine rings is 1. The van der Waals surface area contributed by atoms with Crippen LogP contribution in [0.25, 0.3) is 0 Å². The molecule has 1 saturated heterocycles. The standard InChI is InChI=1S/C66H83N9O13/c1-8-33-74-41-57(79)73(7)53(36-44(2)3)63(84)72(6)34-15-10-13-25-58(80)88-43-66(4,5)60(81)64(85)75-35-16-14-24-52(75)65(86)87-42-47-19-17-23-50(37-47)69-54(76)30-31-55(77)71-59(48-21-11-9-12-22-48)61(82)70-51(62(74)83)38-45-26-28-49(29-27-45)68-56(78)39-46-20-18-32-67-40-46/h9,11-13,17-23,25-29,32,37,40,44,51-53,59H,8,10,14-16,24,30-31,33-36,38-39,41-43H2,1-7H3,(H,68,78)(H,69,76)(H,70,82)(H,71,77)/t51-,52-,53-,59-/m0/s1. The molecule has 0 spiro atoms. The molecule has 8 amide bonds. The smallest absolute Gasteiger partial charge is 0.330 e. The van der Waals surface area contributed by atoms with Crippen molar-refractivity contribution in [2.75, 3.05) is 57.5 Å². The lowest BCUT2D eigenvalue weighted by molar-refractivity contribution is -0.162. The third-order valence-corrected chi connectivity index (χ3v) is 15.1. The molecule has 4 N–H and O–H groups in total. The van der Waals surface area contributed by atoms with Crippen LogP contribution in [0.1, 0.15) is 121 Å². The average Bonchev–Trinajstić information content (AvgIpc) is 3.37. The molecule has 2 bridgehead atoms. The first-order valence-electron chi connectivity index (χ1n) is 30.0. The minimum absolute atomic E-state index is 0.0353. The number of esters is 2. The van der Waals surface area contributed by atoms with Gasteiger partial charge in [0.2, 0.25) is 47.1 Å². The normalized spacial score (nSPS) is 20.9. The SMILES string of the molecule is CCCN1CC(=O)N(C)[C@@H](CC(C)C)C(=O)N(C)CCCC=CC(=O)OCC(C)(C)C(=O)C(=O)N2CCCC[C@H]2C(=O)OCc2cccc(c2)NC(=O)CCC(=O)N[C@@H](c2ccccc2)C(=O)N[C@@H](Cc2ccc(NC(=O)Cc3cccnc3)cc2)C1=O. The van der Waals surface area contributed by atoms with E-state index in [1.807, 2.05) is 20.8 Å². The highest BCUT2D eigenvalue weighted by Crippen LogP contribution is 2.26. The number of benzene rings is 3. The van der Waals surface area contributed by atoms with Crippen LogP contribution in [0.15, 0.2) is 116 Å². The summed E-state index contributed by atoms with van der Waals surface area (Å²) in [6, 6.07) is 20.4. The Labute approximate surface area is 514 Å². The highest BCUT2D eigenvalue weighted by molar-refractivity contribution is 6.38. The zero-order chi connectivity index (χ0) is 63.9. The van der Waals surface area contributed by atoms with E-state index in [-0.39, 0.29) is 82.5 Å². The molecule has 0 aliphatic carbocycles. The molecule has 1 fully saturated rings. The Morgan fingerprint density at radius 1 is 0.795 bits per heavy atom. The molecule has 22 nitrogen and oxygen atoms in total. The quantitative estimate of drug-likeness (QED) is 0.104. The first-order chi connectivity index (χ1) is 42.0. The van der Waals surface area contributed by atoms with Crippen molar-refractivity contribution in [3.63, 3.8) is 0 Å². The Kier molecular flexibility index (Phi) is 25.6. The summed E-state index contributed by atoms with van der Waals surface area (Å²) in [5.41, 5.74) is 1.51. The van der Waals surface area contributed by atoms with Crippen LogP contribution >= 0.6 is 0 Å². The molecule has 4 atom stereocenters. The second-order valence-electron chi connectivity index (χ2n) is 23.4. The predicted molar refractivity (Wildman–Crippen MR) is 328 cm³/mol. The fourth-order valence-electron chi connectivity index (χ4n) is 10.2. The highest BCUT2D eigenvalue weighted by atomic mass is 16.5. The second kappa shape index (κ2) is 33.2. The van der Waals surface area contributed by atoms with Crippen molar-refractivity contribution >= 4 is 76.4 Å². The van der Waals surface area contributed by atoms with E-state index in [2.05, 4.69) is 26.3 Å². The number of fused-ring (bicyclic) bond motifs is 3. The van der Waals surface area contributed by atoms with E-state index in [1.165, 1.54) is 46.6 Å². The van der Waals surface area contributed by atoms with Gasteiger partial charge in [-0.3, -0.25) is 48.1 Å². The van der Waals surface area contributed by atoms with Gasteiger partial charge in [-0.25, -0.2) is 9.59 Å². The third-order valence-electron chi connectivity index (χ3n) is 15.1. The van der Waals surface area contributed by atoms with Gasteiger partial charge < -0.3 is 50.3 Å². The van der Waals surface area contributed by atoms with Crippen LogP contribution in [0.4, 0.5) is 11.4 Å². The molecule has 2 aliphatic heterocycles. The van der Waals surface area contributed by atoms with Crippen molar-refractivity contribution in [3.8, 4) is 0 Å². The summed E-state index contributed by atoms with van der Waals surface area (Å²) in [6.07, 6.45) is 8.19. The van der Waals surface area contributed by atoms with Gasteiger partial charge in [0.15, 0.2) is 0 Å². The summed E-state index contributed by atoms with van der Waals surface area (Å²) < 4.78 is 11.1. The maximum Gasteiger partial charge on any atom is 0.330 e. The number of cyclic esters (lactones) is 2. The van der Waals surface area contributed by atoms with Crippen LogP contribution in [-0.2, 0) is 81.7 Å². The molecule has 470 valence electrons. The summed E-state index contributed by atoms with van der Waals surface area (Å²) >= 11 is 0. The van der Waals surface area contributed by atoms with Crippen LogP contribution < -0.4 is 21.3 Å². The van der Waals surface area contributed by atoms with Gasteiger partial charge in [0.05, 0.1) is 18.4 Å². The maximum absolute atomic E-state index is 15.1. The maximum atomic E-state index is 15.1. The molecule has 22 heteroatoms. The zero-order valence-electron chi connectivity index (χ0n) is 51.4. The first-order valence-corrected chi connectivity index (χ1v) is 30.0. The number of ether oxygens (including phenoxy) is 2. The summed E-state index contributed by atoms with van der Waals surface area (Å²) in [5.74, 6) is -7.03. The second-order valence-corrected chi connectivity index (χ2v) is 23.4. The number of amides is 8. The Hall–Kier alpha value is -9.08. The fraction of sp³-hybridized carbons (Fsp3) is 0.455. The van der Waals surface area contributed by atoms with Crippen molar-refractivity contribution in [1.29, 1.82) is 0 Å². The number of carbonyl (C=O) groups is 11. The van der Waals surface area contributed by atoms with Crippen LogP contribution in [0.5, 0.6) is 0 Å². The molecular formula is C66H83N9O13. The van der Waals surface area contributed by atoms with E-state index in [9.17, 15) is 47.9 Å². The minimum Gasteiger partial charge on any atom is -0.461 e. The van der Waals surface area contributed by atoms with Gasteiger partial charge in [0, 0.05) is 82.8 Å². The van der Waals surface area contributed by atoms with Crippen LogP contribution in [-0.4, -0.2) is 155 Å². The van der Waals surface area contributed by atoms with Crippen molar-refractivity contribution in [1.82, 2.24) is 35.2 Å². The predicted octanol–water partition coefficient (Wildman–Crippen LogP) is 6.05. The summed E-state index contributed by atoms with van der Waals surface area (Å²) in [7, 11) is 3.13. The molecule has 3 heterocycles. The number of ketones is 1. The number of hydrogen-bond donors (Lipinski definition) is 4. The number of hydrogen-bond acceptors (Lipinski definition) is 14. The van der Waals surface area contributed by atoms with Gasteiger partial charge in [0.1, 0.15) is 37.4 Å². The van der Waals surface area contributed by atoms with Crippen LogP contribution in [0.3, 0.4) is 0 Å². The molecule has 0 radical (unpaired) electrons. The molecule has 3 aromatic carbocycles. The van der Waals surface area contributed by atoms with E-state index >= 15 is 4.79 Å². The van der Waals surface area contributed by atoms with Gasteiger partial charge in [-0.15, -0.1) is 0 Å². The Balaban J connectivity index is 1.27. The molecule has 0 saturated carbocycles. The van der Waals surface area contributed by atoms with E-state index in [0.29, 0.717) is 60.2 Å². The molecule has 6 rings (SSSR count). The minimum atomic E-state index is -1.45. The van der Waals surface area contributed by atoms with Gasteiger partial charge in [-0.05, 0) is 117 Å².